The van der Waals surface area contributed by atoms with E-state index in [1.165, 1.54) is 49.9 Å². The lowest BCUT2D eigenvalue weighted by atomic mass is 9.70. The number of phenols is 2. The second-order valence-electron chi connectivity index (χ2n) is 18.1. The zero-order valence-corrected chi connectivity index (χ0v) is 35.4. The van der Waals surface area contributed by atoms with Crippen molar-refractivity contribution in [3.8, 4) is 22.6 Å². The number of fused-ring (bicyclic) bond motifs is 8. The van der Waals surface area contributed by atoms with Crippen LogP contribution in [0.2, 0.25) is 0 Å². The van der Waals surface area contributed by atoms with E-state index >= 15 is 0 Å². The summed E-state index contributed by atoms with van der Waals surface area (Å²) in [7, 11) is 0. The Bertz CT molecular complexity index is 3030. The van der Waals surface area contributed by atoms with Crippen molar-refractivity contribution in [2.24, 2.45) is 5.92 Å². The fourth-order valence-electron chi connectivity index (χ4n) is 10.8. The third-order valence-electron chi connectivity index (χ3n) is 13.9. The number of aromatic hydroxyl groups is 2. The molecule has 11 rings (SSSR count). The molecule has 0 bridgehead atoms. The quantitative estimate of drug-likeness (QED) is 0.168. The van der Waals surface area contributed by atoms with Gasteiger partial charge in [0.1, 0.15) is 11.5 Å². The highest BCUT2D eigenvalue weighted by Crippen LogP contribution is 2.62. The van der Waals surface area contributed by atoms with Crippen LogP contribution in [-0.2, 0) is 10.8 Å². The van der Waals surface area contributed by atoms with E-state index in [4.69, 9.17) is 0 Å². The lowest BCUT2D eigenvalue weighted by molar-refractivity contribution is 0.393. The van der Waals surface area contributed by atoms with Gasteiger partial charge in [-0.05, 0) is 135 Å². The minimum atomic E-state index is -0.222. The van der Waals surface area contributed by atoms with Crippen molar-refractivity contribution >= 4 is 50.5 Å². The van der Waals surface area contributed by atoms with Gasteiger partial charge >= 0.3 is 0 Å². The zero-order valence-electron chi connectivity index (χ0n) is 35.4. The van der Waals surface area contributed by atoms with Gasteiger partial charge in [0, 0.05) is 45.2 Å². The third-order valence-corrected chi connectivity index (χ3v) is 13.9. The number of anilines is 6. The van der Waals surface area contributed by atoms with E-state index in [0.717, 1.165) is 34.0 Å². The molecule has 2 N–H and O–H groups in total. The number of benzene rings is 8. The molecule has 62 heavy (non-hydrogen) atoms. The molecular formula is C58H48N2O2. The fraction of sp³-hybridized carbons (Fsp3) is 0.138. The molecule has 0 aromatic heterocycles. The van der Waals surface area contributed by atoms with Crippen LogP contribution in [0.15, 0.2) is 200 Å². The average Bonchev–Trinajstić information content (AvgIpc) is 3.66. The lowest BCUT2D eigenvalue weighted by Gasteiger charge is -2.34. The highest BCUT2D eigenvalue weighted by atomic mass is 16.3. The van der Waals surface area contributed by atoms with Crippen molar-refractivity contribution in [3.63, 3.8) is 0 Å². The topological polar surface area (TPSA) is 46.9 Å². The van der Waals surface area contributed by atoms with Gasteiger partial charge in [-0.1, -0.05) is 143 Å². The molecule has 4 nitrogen and oxygen atoms in total. The zero-order chi connectivity index (χ0) is 42.3. The molecule has 0 fully saturated rings. The van der Waals surface area contributed by atoms with Crippen LogP contribution in [0.1, 0.15) is 55.9 Å². The van der Waals surface area contributed by atoms with Crippen LogP contribution in [0.5, 0.6) is 11.5 Å². The van der Waals surface area contributed by atoms with Crippen LogP contribution in [0.25, 0.3) is 27.5 Å². The second-order valence-corrected chi connectivity index (χ2v) is 18.1. The Labute approximate surface area is 364 Å². The van der Waals surface area contributed by atoms with E-state index in [-0.39, 0.29) is 34.2 Å². The first-order valence-corrected chi connectivity index (χ1v) is 21.6. The highest BCUT2D eigenvalue weighted by molar-refractivity contribution is 6.10. The smallest absolute Gasteiger partial charge is 0.127 e. The van der Waals surface area contributed by atoms with Crippen LogP contribution in [0.4, 0.5) is 34.1 Å². The van der Waals surface area contributed by atoms with E-state index in [0.29, 0.717) is 5.56 Å². The Hall–Kier alpha value is -7.30. The summed E-state index contributed by atoms with van der Waals surface area (Å²) in [4.78, 5) is 4.72. The largest absolute Gasteiger partial charge is 0.507 e. The molecule has 8 aromatic rings. The number of para-hydroxylation sites is 3. The molecule has 2 atom stereocenters. The van der Waals surface area contributed by atoms with Gasteiger partial charge in [0.15, 0.2) is 0 Å². The van der Waals surface area contributed by atoms with Crippen LogP contribution in [0.3, 0.4) is 0 Å². The van der Waals surface area contributed by atoms with Crippen LogP contribution >= 0.6 is 0 Å². The predicted molar refractivity (Wildman–Crippen MR) is 257 cm³/mol. The molecule has 0 radical (unpaired) electrons. The lowest BCUT2D eigenvalue weighted by Crippen LogP contribution is -2.27. The van der Waals surface area contributed by atoms with E-state index in [1.807, 2.05) is 18.2 Å². The highest BCUT2D eigenvalue weighted by Gasteiger charge is 2.50. The average molecular weight is 805 g/mol. The number of hydrogen-bond donors (Lipinski definition) is 2. The summed E-state index contributed by atoms with van der Waals surface area (Å²) in [5, 5.41) is 23.7. The van der Waals surface area contributed by atoms with Crippen molar-refractivity contribution in [1.29, 1.82) is 0 Å². The fourth-order valence-corrected chi connectivity index (χ4v) is 10.8. The number of rotatable bonds is 7. The molecule has 0 heterocycles. The summed E-state index contributed by atoms with van der Waals surface area (Å²) in [6, 6.07) is 63.4. The van der Waals surface area contributed by atoms with Crippen molar-refractivity contribution in [3.05, 3.63) is 222 Å². The van der Waals surface area contributed by atoms with Gasteiger partial charge in [-0.15, -0.1) is 0 Å². The van der Waals surface area contributed by atoms with E-state index in [9.17, 15) is 10.2 Å². The Morgan fingerprint density at radius 3 is 1.60 bits per heavy atom. The molecular weight excluding hydrogens is 757 g/mol. The van der Waals surface area contributed by atoms with Crippen LogP contribution in [-0.4, -0.2) is 10.2 Å². The van der Waals surface area contributed by atoms with E-state index in [2.05, 4.69) is 195 Å². The van der Waals surface area contributed by atoms with Crippen molar-refractivity contribution in [2.45, 2.75) is 44.4 Å². The van der Waals surface area contributed by atoms with Gasteiger partial charge in [-0.3, -0.25) is 0 Å². The summed E-state index contributed by atoms with van der Waals surface area (Å²) < 4.78 is 0. The van der Waals surface area contributed by atoms with Gasteiger partial charge in [-0.2, -0.15) is 0 Å². The predicted octanol–water partition coefficient (Wildman–Crippen LogP) is 15.2. The Kier molecular flexibility index (Phi) is 8.59. The number of allylic oxidation sites excluding steroid dienone is 4. The Morgan fingerprint density at radius 2 is 0.984 bits per heavy atom. The molecule has 0 spiro atoms. The minimum Gasteiger partial charge on any atom is -0.507 e. The molecule has 0 saturated carbocycles. The monoisotopic (exact) mass is 804 g/mol. The molecule has 0 amide bonds. The normalized spacial score (nSPS) is 17.6. The van der Waals surface area contributed by atoms with Crippen molar-refractivity contribution in [1.82, 2.24) is 0 Å². The number of hydrogen-bond acceptors (Lipinski definition) is 4. The molecule has 4 heteroatoms. The van der Waals surface area contributed by atoms with Gasteiger partial charge in [-0.25, -0.2) is 0 Å². The summed E-state index contributed by atoms with van der Waals surface area (Å²) in [5.41, 5.74) is 15.7. The van der Waals surface area contributed by atoms with E-state index < -0.39 is 0 Å². The van der Waals surface area contributed by atoms with Crippen LogP contribution in [0, 0.1) is 5.92 Å². The number of nitrogens with zero attached hydrogens (tertiary/aromatic N) is 2. The van der Waals surface area contributed by atoms with Gasteiger partial charge in [0.2, 0.25) is 0 Å². The maximum atomic E-state index is 10.6. The van der Waals surface area contributed by atoms with Crippen LogP contribution < -0.4 is 9.80 Å². The first kappa shape index (κ1) is 37.7. The summed E-state index contributed by atoms with van der Waals surface area (Å²) >= 11 is 0. The Balaban J connectivity index is 1.02. The van der Waals surface area contributed by atoms with E-state index in [1.54, 1.807) is 18.2 Å². The second kappa shape index (κ2) is 14.1. The third kappa shape index (κ3) is 5.74. The van der Waals surface area contributed by atoms with Gasteiger partial charge in [0.05, 0.1) is 11.3 Å². The van der Waals surface area contributed by atoms with Crippen molar-refractivity contribution < 1.29 is 10.2 Å². The number of phenolic OH excluding ortho intramolecular Hbond substituents is 2. The summed E-state index contributed by atoms with van der Waals surface area (Å²) in [6.07, 6.45) is 5.25. The summed E-state index contributed by atoms with van der Waals surface area (Å²) in [6.45, 7) is 9.69. The molecule has 0 saturated heterocycles. The molecule has 2 unspecified atom stereocenters. The maximum Gasteiger partial charge on any atom is 0.127 e. The molecule has 0 aliphatic heterocycles. The molecule has 3 aliphatic carbocycles. The summed E-state index contributed by atoms with van der Waals surface area (Å²) in [5.74, 6) is 0.619. The molecule has 302 valence electrons. The maximum absolute atomic E-state index is 10.6. The van der Waals surface area contributed by atoms with Gasteiger partial charge < -0.3 is 20.0 Å². The molecule has 3 aliphatic rings. The standard InChI is InChI=1S/C58H48N2O2/c1-57(2)48-33-42(59(38-17-8-5-9-18-38)41-29-27-37(28-30-41)55-53(61)25-16-26-54(55)62)31-32-43(48)46-34-50-47(35-49(46)57)56-45-24-15-14-23-44(45)52(36-51(56)58(50,3)4)60(39-19-10-6-11-20-39)40-21-12-7-13-22-40/h5-36,46,49,61-62H,1-4H3. The van der Waals surface area contributed by atoms with Crippen molar-refractivity contribution in [2.75, 3.05) is 9.80 Å². The SMILES string of the molecule is CC1(C)C2=CC3c4ccc(N(c5ccccc5)c5ccc(-c6c(O)cccc6O)cc5)cc4C(C)(C)C3C=C2c2c1cc(N(c1ccccc1)c1ccccc1)c1ccccc21. The first-order valence-electron chi connectivity index (χ1n) is 21.6. The Morgan fingerprint density at radius 1 is 0.452 bits per heavy atom. The first-order chi connectivity index (χ1) is 30.1. The molecule has 8 aromatic carbocycles. The van der Waals surface area contributed by atoms with Gasteiger partial charge in [0.25, 0.3) is 0 Å². The minimum absolute atomic E-state index is 0.0524.